The monoisotopic (exact) mass is 397 g/mol. The van der Waals surface area contributed by atoms with Gasteiger partial charge in [0.2, 0.25) is 17.7 Å². The Morgan fingerprint density at radius 2 is 1.62 bits per heavy atom. The molecule has 154 valence electrons. The molecular formula is C22H27N3O4. The Labute approximate surface area is 170 Å². The molecule has 2 rings (SSSR count). The number of amides is 3. The minimum atomic E-state index is -0.722. The first-order valence-electron chi connectivity index (χ1n) is 9.38. The van der Waals surface area contributed by atoms with E-state index >= 15 is 0 Å². The van der Waals surface area contributed by atoms with E-state index in [1.807, 2.05) is 56.3 Å². The summed E-state index contributed by atoms with van der Waals surface area (Å²) in [5.74, 6) is -1.11. The van der Waals surface area contributed by atoms with Crippen molar-refractivity contribution < 1.29 is 19.1 Å². The SMILES string of the molecule is CNC(=O)C(Cc1ccc(C)cc1)NC(=O)COCC(=O)Nc1cccc(C)c1. The van der Waals surface area contributed by atoms with E-state index in [4.69, 9.17) is 4.74 Å². The Morgan fingerprint density at radius 1 is 0.931 bits per heavy atom. The van der Waals surface area contributed by atoms with Crippen molar-refractivity contribution in [1.82, 2.24) is 10.6 Å². The largest absolute Gasteiger partial charge is 0.362 e. The van der Waals surface area contributed by atoms with Crippen LogP contribution in [0.15, 0.2) is 48.5 Å². The van der Waals surface area contributed by atoms with Crippen molar-refractivity contribution >= 4 is 23.4 Å². The predicted molar refractivity (Wildman–Crippen MR) is 112 cm³/mol. The van der Waals surface area contributed by atoms with Crippen LogP contribution in [0.2, 0.25) is 0 Å². The van der Waals surface area contributed by atoms with Gasteiger partial charge in [-0.1, -0.05) is 42.0 Å². The van der Waals surface area contributed by atoms with Gasteiger partial charge in [0, 0.05) is 19.2 Å². The molecular weight excluding hydrogens is 370 g/mol. The third kappa shape index (κ3) is 7.75. The zero-order valence-corrected chi connectivity index (χ0v) is 17.0. The molecule has 0 aliphatic rings. The van der Waals surface area contributed by atoms with E-state index in [2.05, 4.69) is 16.0 Å². The number of anilines is 1. The van der Waals surface area contributed by atoms with Crippen molar-refractivity contribution in [1.29, 1.82) is 0 Å². The molecule has 1 unspecified atom stereocenters. The number of aryl methyl sites for hydroxylation is 2. The van der Waals surface area contributed by atoms with Crippen LogP contribution in [0.3, 0.4) is 0 Å². The first-order valence-corrected chi connectivity index (χ1v) is 9.38. The van der Waals surface area contributed by atoms with Crippen LogP contribution in [-0.2, 0) is 25.5 Å². The van der Waals surface area contributed by atoms with Crippen LogP contribution >= 0.6 is 0 Å². The summed E-state index contributed by atoms with van der Waals surface area (Å²) in [5.41, 5.74) is 3.74. The molecule has 7 heteroatoms. The van der Waals surface area contributed by atoms with Crippen molar-refractivity contribution in [2.24, 2.45) is 0 Å². The van der Waals surface area contributed by atoms with E-state index in [0.717, 1.165) is 16.7 Å². The van der Waals surface area contributed by atoms with Crippen molar-refractivity contribution in [3.05, 3.63) is 65.2 Å². The topological polar surface area (TPSA) is 96.5 Å². The molecule has 29 heavy (non-hydrogen) atoms. The highest BCUT2D eigenvalue weighted by molar-refractivity contribution is 5.92. The molecule has 0 spiro atoms. The molecule has 0 radical (unpaired) electrons. The second kappa shape index (κ2) is 11.0. The van der Waals surface area contributed by atoms with Crippen LogP contribution in [0, 0.1) is 13.8 Å². The molecule has 0 aromatic heterocycles. The van der Waals surface area contributed by atoms with Gasteiger partial charge in [0.15, 0.2) is 0 Å². The van der Waals surface area contributed by atoms with Gasteiger partial charge in [-0.2, -0.15) is 0 Å². The Balaban J connectivity index is 1.80. The van der Waals surface area contributed by atoms with Crippen LogP contribution in [0.4, 0.5) is 5.69 Å². The van der Waals surface area contributed by atoms with Gasteiger partial charge in [0.25, 0.3) is 0 Å². The Bertz CT molecular complexity index is 849. The number of ether oxygens (including phenoxy) is 1. The van der Waals surface area contributed by atoms with Crippen LogP contribution in [0.25, 0.3) is 0 Å². The fourth-order valence-corrected chi connectivity index (χ4v) is 2.74. The number of carbonyl (C=O) groups is 3. The zero-order valence-electron chi connectivity index (χ0n) is 17.0. The summed E-state index contributed by atoms with van der Waals surface area (Å²) in [6, 6.07) is 14.4. The summed E-state index contributed by atoms with van der Waals surface area (Å²) in [6.45, 7) is 3.33. The lowest BCUT2D eigenvalue weighted by Gasteiger charge is -2.17. The number of benzene rings is 2. The van der Waals surface area contributed by atoms with Gasteiger partial charge < -0.3 is 20.7 Å². The molecule has 3 N–H and O–H groups in total. The quantitative estimate of drug-likeness (QED) is 0.600. The van der Waals surface area contributed by atoms with E-state index in [-0.39, 0.29) is 25.0 Å². The first-order chi connectivity index (χ1) is 13.9. The molecule has 0 saturated heterocycles. The maximum Gasteiger partial charge on any atom is 0.250 e. The maximum absolute atomic E-state index is 12.2. The molecule has 0 fully saturated rings. The molecule has 2 aromatic carbocycles. The predicted octanol–water partition coefficient (Wildman–Crippen LogP) is 1.73. The average molecular weight is 397 g/mol. The number of hydrogen-bond acceptors (Lipinski definition) is 4. The normalized spacial score (nSPS) is 11.4. The molecule has 1 atom stereocenters. The summed E-state index contributed by atoms with van der Waals surface area (Å²) in [7, 11) is 1.52. The van der Waals surface area contributed by atoms with E-state index in [1.54, 1.807) is 6.07 Å². The second-order valence-corrected chi connectivity index (χ2v) is 6.83. The number of hydrogen-bond donors (Lipinski definition) is 3. The van der Waals surface area contributed by atoms with Crippen molar-refractivity contribution in [3.63, 3.8) is 0 Å². The summed E-state index contributed by atoms with van der Waals surface area (Å²) >= 11 is 0. The number of likely N-dealkylation sites (N-methyl/N-ethyl adjacent to an activating group) is 1. The highest BCUT2D eigenvalue weighted by Gasteiger charge is 2.20. The van der Waals surface area contributed by atoms with Gasteiger partial charge in [-0.15, -0.1) is 0 Å². The summed E-state index contributed by atoms with van der Waals surface area (Å²) in [5, 5.41) is 7.91. The van der Waals surface area contributed by atoms with Gasteiger partial charge in [0.05, 0.1) is 0 Å². The molecule has 0 aliphatic carbocycles. The lowest BCUT2D eigenvalue weighted by molar-refractivity contribution is -0.132. The average Bonchev–Trinajstić information content (AvgIpc) is 2.68. The fourth-order valence-electron chi connectivity index (χ4n) is 2.74. The molecule has 0 heterocycles. The van der Waals surface area contributed by atoms with Crippen LogP contribution in [-0.4, -0.2) is 44.0 Å². The Morgan fingerprint density at radius 3 is 2.28 bits per heavy atom. The van der Waals surface area contributed by atoms with Crippen molar-refractivity contribution in [2.45, 2.75) is 26.3 Å². The lowest BCUT2D eigenvalue weighted by Crippen LogP contribution is -2.48. The van der Waals surface area contributed by atoms with E-state index in [9.17, 15) is 14.4 Å². The van der Waals surface area contributed by atoms with E-state index < -0.39 is 11.9 Å². The third-order valence-electron chi connectivity index (χ3n) is 4.23. The van der Waals surface area contributed by atoms with Crippen molar-refractivity contribution in [3.8, 4) is 0 Å². The van der Waals surface area contributed by atoms with Crippen LogP contribution in [0.5, 0.6) is 0 Å². The van der Waals surface area contributed by atoms with Crippen LogP contribution in [0.1, 0.15) is 16.7 Å². The second-order valence-electron chi connectivity index (χ2n) is 6.83. The standard InChI is InChI=1S/C22H27N3O4/c1-15-7-9-17(10-8-15)12-19(22(28)23-3)25-21(27)14-29-13-20(26)24-18-6-4-5-16(2)11-18/h4-11,19H,12-14H2,1-3H3,(H,23,28)(H,24,26)(H,25,27). The smallest absolute Gasteiger partial charge is 0.250 e. The van der Waals surface area contributed by atoms with Gasteiger partial charge >= 0.3 is 0 Å². The van der Waals surface area contributed by atoms with E-state index in [1.165, 1.54) is 7.05 Å². The molecule has 2 aromatic rings. The van der Waals surface area contributed by atoms with Gasteiger partial charge in [-0.3, -0.25) is 14.4 Å². The summed E-state index contributed by atoms with van der Waals surface area (Å²) < 4.78 is 5.18. The van der Waals surface area contributed by atoms with E-state index in [0.29, 0.717) is 12.1 Å². The molecule has 0 saturated carbocycles. The Kier molecular flexibility index (Phi) is 8.36. The van der Waals surface area contributed by atoms with Gasteiger partial charge in [-0.05, 0) is 37.1 Å². The third-order valence-corrected chi connectivity index (χ3v) is 4.23. The maximum atomic E-state index is 12.2. The molecule has 7 nitrogen and oxygen atoms in total. The molecule has 0 bridgehead atoms. The minimum absolute atomic E-state index is 0.260. The number of carbonyl (C=O) groups excluding carboxylic acids is 3. The van der Waals surface area contributed by atoms with Gasteiger partial charge in [-0.25, -0.2) is 0 Å². The summed E-state index contributed by atoms with van der Waals surface area (Å²) in [6.07, 6.45) is 0.361. The summed E-state index contributed by atoms with van der Waals surface area (Å²) in [4.78, 5) is 36.2. The lowest BCUT2D eigenvalue weighted by atomic mass is 10.0. The van der Waals surface area contributed by atoms with Crippen molar-refractivity contribution in [2.75, 3.05) is 25.6 Å². The first kappa shape index (κ1) is 22.1. The highest BCUT2D eigenvalue weighted by atomic mass is 16.5. The Hall–Kier alpha value is -3.19. The minimum Gasteiger partial charge on any atom is -0.362 e. The van der Waals surface area contributed by atoms with Crippen LogP contribution < -0.4 is 16.0 Å². The zero-order chi connectivity index (χ0) is 21.2. The number of rotatable bonds is 9. The highest BCUT2D eigenvalue weighted by Crippen LogP contribution is 2.09. The fraction of sp³-hybridized carbons (Fsp3) is 0.318. The molecule has 3 amide bonds. The molecule has 0 aliphatic heterocycles. The van der Waals surface area contributed by atoms with Gasteiger partial charge in [0.1, 0.15) is 19.3 Å². The number of nitrogens with one attached hydrogen (secondary N) is 3.